The molecule has 241 valence electrons. The summed E-state index contributed by atoms with van der Waals surface area (Å²) in [7, 11) is 17.3. The number of nitrogens with two attached hydrogens (primary N) is 1. The van der Waals surface area contributed by atoms with Crippen LogP contribution in [-0.2, 0) is 9.47 Å². The Labute approximate surface area is 278 Å². The lowest BCUT2D eigenvalue weighted by atomic mass is 8.97. The fourth-order valence-corrected chi connectivity index (χ4v) is 3.74. The normalized spacial score (nSPS) is 13.0. The van der Waals surface area contributed by atoms with Crippen molar-refractivity contribution in [3.63, 3.8) is 0 Å². The van der Waals surface area contributed by atoms with Gasteiger partial charge in [-0.3, -0.25) is 9.80 Å². The van der Waals surface area contributed by atoms with Gasteiger partial charge in [-0.05, 0) is 77.9 Å². The fourth-order valence-electron chi connectivity index (χ4n) is 3.74. The number of anilines is 4. The first-order valence-corrected chi connectivity index (χ1v) is 14.3. The number of nitrogen functional groups attached to an aromatic ring is 1. The highest BCUT2D eigenvalue weighted by molar-refractivity contribution is 7.60. The molecule has 2 aromatic rings. The summed E-state index contributed by atoms with van der Waals surface area (Å²) in [4.78, 5) is 38.9. The molecule has 2 aromatic carbocycles. The number of amides is 4. The molecule has 4 amide bonds. The number of ether oxygens (including phenoxy) is 4. The molecule has 0 aromatic heterocycles. The quantitative estimate of drug-likeness (QED) is 0.338. The van der Waals surface area contributed by atoms with Gasteiger partial charge in [-0.2, -0.15) is 0 Å². The van der Waals surface area contributed by atoms with E-state index in [2.05, 4.69) is 10.6 Å². The third-order valence-corrected chi connectivity index (χ3v) is 5.60. The number of nitrogens with one attached hydrogen (secondary N) is 2. The van der Waals surface area contributed by atoms with Crippen molar-refractivity contribution in [1.29, 1.82) is 0 Å². The first-order chi connectivity index (χ1) is 20.9. The molecule has 0 saturated carbocycles. The summed E-state index contributed by atoms with van der Waals surface area (Å²) in [6.07, 6.45) is -1.28. The molecule has 0 aliphatic carbocycles. The average molecular weight is 628 g/mol. The minimum absolute atomic E-state index is 0. The smallest absolute Gasteiger partial charge is 0.415 e. The van der Waals surface area contributed by atoms with Crippen LogP contribution in [0.2, 0.25) is 0 Å². The molecule has 0 saturated heterocycles. The van der Waals surface area contributed by atoms with Gasteiger partial charge in [0.1, 0.15) is 35.9 Å². The van der Waals surface area contributed by atoms with Gasteiger partial charge in [0.15, 0.2) is 0 Å². The molecule has 4 rings (SSSR count). The topological polar surface area (TPSA) is 145 Å². The summed E-state index contributed by atoms with van der Waals surface area (Å²) < 4.78 is 21.8. The Morgan fingerprint density at radius 1 is 0.870 bits per heavy atom. The van der Waals surface area contributed by atoms with Crippen molar-refractivity contribution >= 4 is 77.6 Å². The minimum Gasteiger partial charge on any atom is -0.490 e. The van der Waals surface area contributed by atoms with Crippen LogP contribution in [0.3, 0.4) is 0 Å². The van der Waals surface area contributed by atoms with Crippen LogP contribution in [0.4, 0.5) is 37.1 Å². The van der Waals surface area contributed by atoms with Crippen LogP contribution in [0.15, 0.2) is 36.4 Å². The number of fused-ring (bicyclic) bond motifs is 2. The first kappa shape index (κ1) is 40.0. The molecule has 2 heterocycles. The van der Waals surface area contributed by atoms with E-state index in [1.54, 1.807) is 41.3 Å². The molecule has 0 spiro atoms. The van der Waals surface area contributed by atoms with Gasteiger partial charge in [0.25, 0.3) is 0 Å². The van der Waals surface area contributed by atoms with Crippen LogP contribution in [0.1, 0.15) is 49.0 Å². The summed E-state index contributed by atoms with van der Waals surface area (Å²) >= 11 is 0. The Morgan fingerprint density at radius 3 is 1.72 bits per heavy atom. The molecule has 0 bridgehead atoms. The third kappa shape index (κ3) is 13.1. The Bertz CT molecular complexity index is 1320. The number of urea groups is 1. The van der Waals surface area contributed by atoms with E-state index in [0.717, 1.165) is 0 Å². The predicted molar refractivity (Wildman–Crippen MR) is 189 cm³/mol. The molecule has 2 aliphatic rings. The third-order valence-electron chi connectivity index (χ3n) is 5.60. The summed E-state index contributed by atoms with van der Waals surface area (Å²) in [6, 6.07) is 10.0. The van der Waals surface area contributed by atoms with Crippen molar-refractivity contribution in [2.75, 3.05) is 54.2 Å². The lowest BCUT2D eigenvalue weighted by Gasteiger charge is -2.31. The maximum Gasteiger partial charge on any atom is 0.415 e. The second-order valence-electron chi connectivity index (χ2n) is 11.8. The SMILES string of the molecule is C.CC(C)(C)OC(=O)N1CCOc2ccc(N)cc21.CNC(=O)Nc1ccc2c(c1)N(C(=O)OC(C)(C)C)CCO2.[B][B]B([B])[B]. The second-order valence-corrected chi connectivity index (χ2v) is 11.8. The average Bonchev–Trinajstić information content (AvgIpc) is 2.95. The highest BCUT2D eigenvalue weighted by Gasteiger charge is 2.29. The van der Waals surface area contributed by atoms with Crippen molar-refractivity contribution < 1.29 is 33.3 Å². The molecule has 0 unspecified atom stereocenters. The molecule has 46 heavy (non-hydrogen) atoms. The van der Waals surface area contributed by atoms with Crippen LogP contribution < -0.4 is 35.6 Å². The van der Waals surface area contributed by atoms with Crippen LogP contribution in [0.25, 0.3) is 0 Å². The zero-order chi connectivity index (χ0) is 33.9. The Morgan fingerprint density at radius 2 is 1.30 bits per heavy atom. The predicted octanol–water partition coefficient (Wildman–Crippen LogP) is 3.71. The molecule has 7 radical (unpaired) electrons. The largest absolute Gasteiger partial charge is 0.490 e. The summed E-state index contributed by atoms with van der Waals surface area (Å²) in [6.45, 7) is 12.7. The molecule has 12 nitrogen and oxygen atoms in total. The van der Waals surface area contributed by atoms with E-state index in [9.17, 15) is 14.4 Å². The van der Waals surface area contributed by atoms with Gasteiger partial charge in [0.2, 0.25) is 0 Å². The van der Waals surface area contributed by atoms with Crippen LogP contribution >= 0.6 is 0 Å². The molecule has 17 heteroatoms. The number of carbonyl (C=O) groups is 3. The zero-order valence-corrected chi connectivity index (χ0v) is 27.0. The van der Waals surface area contributed by atoms with Gasteiger partial charge in [0, 0.05) is 55.1 Å². The van der Waals surface area contributed by atoms with Gasteiger partial charge in [-0.15, -0.1) is 0 Å². The monoisotopic (exact) mass is 628 g/mol. The van der Waals surface area contributed by atoms with E-state index in [-0.39, 0.29) is 19.6 Å². The van der Waals surface area contributed by atoms with Crippen LogP contribution in [0.5, 0.6) is 11.5 Å². The first-order valence-electron chi connectivity index (χ1n) is 14.3. The van der Waals surface area contributed by atoms with Crippen LogP contribution in [-0.4, -0.2) is 99.4 Å². The van der Waals surface area contributed by atoms with Crippen molar-refractivity contribution in [2.24, 2.45) is 0 Å². The second kappa shape index (κ2) is 17.6. The summed E-state index contributed by atoms with van der Waals surface area (Å²) in [5.74, 6) is 1.24. The Hall–Kier alpha value is -4.03. The number of carbonyl (C=O) groups excluding carboxylic acids is 3. The van der Waals surface area contributed by atoms with E-state index >= 15 is 0 Å². The molecule has 0 fully saturated rings. The van der Waals surface area contributed by atoms with Gasteiger partial charge in [-0.25, -0.2) is 14.4 Å². The van der Waals surface area contributed by atoms with E-state index in [1.165, 1.54) is 19.0 Å². The Kier molecular flexibility index (Phi) is 15.3. The van der Waals surface area contributed by atoms with Gasteiger partial charge < -0.3 is 35.3 Å². The Balaban J connectivity index is 0.000000399. The van der Waals surface area contributed by atoms with Gasteiger partial charge in [0.05, 0.1) is 24.5 Å². The standard InChI is InChI=1S/C15H21N3O4.C13H18N2O3.CH4.B5/c1-15(2,3)22-14(20)18-7-8-21-12-6-5-10(9-11(12)18)17-13(19)16-4;1-13(2,3)18-12(16)15-6-7-17-11-5-4-9(14)8-10(11)15;;1-4-5(2)3/h5-6,9H,7-8H2,1-4H3,(H2,16,17,19);4-5,8H,6-7,14H2,1-3H3;1H4;. The maximum absolute atomic E-state index is 12.3. The van der Waals surface area contributed by atoms with Gasteiger partial charge >= 0.3 is 18.2 Å². The lowest BCUT2D eigenvalue weighted by Crippen LogP contribution is -2.41. The van der Waals surface area contributed by atoms with Crippen molar-refractivity contribution in [3.05, 3.63) is 36.4 Å². The highest BCUT2D eigenvalue weighted by Crippen LogP contribution is 2.36. The van der Waals surface area contributed by atoms with E-state index in [4.69, 9.17) is 47.9 Å². The van der Waals surface area contributed by atoms with E-state index in [0.29, 0.717) is 60.6 Å². The van der Waals surface area contributed by atoms with Crippen LogP contribution in [0, 0.1) is 0 Å². The van der Waals surface area contributed by atoms with Crippen molar-refractivity contribution in [1.82, 2.24) is 5.32 Å². The lowest BCUT2D eigenvalue weighted by molar-refractivity contribution is 0.0557. The highest BCUT2D eigenvalue weighted by atomic mass is 16.6. The number of hydrogen-bond donors (Lipinski definition) is 3. The summed E-state index contributed by atoms with van der Waals surface area (Å²) in [5, 5.41) is 5.14. The zero-order valence-electron chi connectivity index (χ0n) is 27.0. The minimum atomic E-state index is -0.576. The molecule has 4 N–H and O–H groups in total. The number of nitrogens with zero attached hydrogens (tertiary/aromatic N) is 2. The number of benzene rings is 2. The van der Waals surface area contributed by atoms with E-state index < -0.39 is 23.7 Å². The van der Waals surface area contributed by atoms with Crippen molar-refractivity contribution in [3.8, 4) is 11.5 Å². The maximum atomic E-state index is 12.3. The van der Waals surface area contributed by atoms with E-state index in [1.807, 2.05) is 41.5 Å². The molecular formula is C29H43B5N5O7. The molecule has 2 aliphatic heterocycles. The molecule has 0 atom stereocenters. The van der Waals surface area contributed by atoms with Gasteiger partial charge in [-0.1, -0.05) is 7.43 Å². The summed E-state index contributed by atoms with van der Waals surface area (Å²) in [5.41, 5.74) is 7.04. The fraction of sp³-hybridized carbons (Fsp3) is 0.483. The van der Waals surface area contributed by atoms with Crippen molar-refractivity contribution in [2.45, 2.75) is 60.2 Å². The number of rotatable bonds is 2. The number of hydrogen-bond acceptors (Lipinski definition) is 8. The molecular weight excluding hydrogens is 584 g/mol.